The lowest BCUT2D eigenvalue weighted by molar-refractivity contribution is 0.535. The standard InChI is InChI=1S/C22H39OP/c1-2-3-4-5-6-7-8-9-10-11-12-13-14-15-18-21-19-16-17-20-22(21)24-23/h16-17,19-20,23-24H,2-15,18H2,1H3. The largest absolute Gasteiger partial charge is 0.372 e. The monoisotopic (exact) mass is 350 g/mol. The highest BCUT2D eigenvalue weighted by Crippen LogP contribution is 2.15. The summed E-state index contributed by atoms with van der Waals surface area (Å²) in [6, 6.07) is 8.33. The molecule has 0 aliphatic heterocycles. The normalized spacial score (nSPS) is 11.6. The van der Waals surface area contributed by atoms with Crippen molar-refractivity contribution in [2.75, 3.05) is 0 Å². The summed E-state index contributed by atoms with van der Waals surface area (Å²) in [6.45, 7) is 2.29. The first-order valence-electron chi connectivity index (χ1n) is 10.4. The van der Waals surface area contributed by atoms with Gasteiger partial charge in [0.05, 0.1) is 0 Å². The van der Waals surface area contributed by atoms with E-state index in [9.17, 15) is 4.89 Å². The summed E-state index contributed by atoms with van der Waals surface area (Å²) in [4.78, 5) is 9.36. The molecule has 0 bridgehead atoms. The van der Waals surface area contributed by atoms with Crippen molar-refractivity contribution in [2.45, 2.75) is 103 Å². The molecule has 1 N–H and O–H groups in total. The van der Waals surface area contributed by atoms with Crippen LogP contribution in [0.25, 0.3) is 0 Å². The Morgan fingerprint density at radius 3 is 1.62 bits per heavy atom. The third-order valence-corrected chi connectivity index (χ3v) is 5.67. The molecule has 0 radical (unpaired) electrons. The lowest BCUT2D eigenvalue weighted by atomic mass is 10.0. The molecule has 0 spiro atoms. The van der Waals surface area contributed by atoms with Gasteiger partial charge >= 0.3 is 0 Å². The van der Waals surface area contributed by atoms with Crippen LogP contribution in [0.5, 0.6) is 0 Å². The van der Waals surface area contributed by atoms with Crippen LogP contribution in [-0.2, 0) is 6.42 Å². The van der Waals surface area contributed by atoms with E-state index in [0.29, 0.717) is 0 Å². The number of hydrogen-bond acceptors (Lipinski definition) is 1. The van der Waals surface area contributed by atoms with Crippen molar-refractivity contribution in [2.24, 2.45) is 0 Å². The Bertz CT molecular complexity index is 391. The van der Waals surface area contributed by atoms with Crippen LogP contribution in [0, 0.1) is 0 Å². The maximum absolute atomic E-state index is 9.36. The van der Waals surface area contributed by atoms with Crippen LogP contribution in [0.1, 0.15) is 102 Å². The molecule has 0 fully saturated rings. The highest BCUT2D eigenvalue weighted by molar-refractivity contribution is 7.41. The fourth-order valence-corrected chi connectivity index (χ4v) is 3.88. The second-order valence-electron chi connectivity index (χ2n) is 7.12. The maximum Gasteiger partial charge on any atom is 0.0422 e. The summed E-state index contributed by atoms with van der Waals surface area (Å²) in [5.74, 6) is 0. The first-order valence-corrected chi connectivity index (χ1v) is 11.3. The molecule has 1 rings (SSSR count). The van der Waals surface area contributed by atoms with Gasteiger partial charge in [-0.15, -0.1) is 0 Å². The van der Waals surface area contributed by atoms with Crippen molar-refractivity contribution in [3.8, 4) is 0 Å². The zero-order valence-corrected chi connectivity index (χ0v) is 16.9. The summed E-state index contributed by atoms with van der Waals surface area (Å²) in [7, 11) is -0.0602. The minimum atomic E-state index is -0.0602. The van der Waals surface area contributed by atoms with Crippen molar-refractivity contribution in [3.63, 3.8) is 0 Å². The topological polar surface area (TPSA) is 20.2 Å². The fraction of sp³-hybridized carbons (Fsp3) is 0.727. The first kappa shape index (κ1) is 21.7. The Balaban J connectivity index is 1.84. The molecule has 2 heteroatoms. The highest BCUT2D eigenvalue weighted by Gasteiger charge is 2.00. The van der Waals surface area contributed by atoms with Crippen molar-refractivity contribution < 1.29 is 4.89 Å². The molecule has 0 saturated heterocycles. The smallest absolute Gasteiger partial charge is 0.0422 e. The van der Waals surface area contributed by atoms with Gasteiger partial charge in [-0.25, -0.2) is 0 Å². The molecule has 0 aliphatic rings. The van der Waals surface area contributed by atoms with Crippen LogP contribution < -0.4 is 5.30 Å². The molecule has 0 heterocycles. The van der Waals surface area contributed by atoms with Gasteiger partial charge in [0.25, 0.3) is 0 Å². The van der Waals surface area contributed by atoms with Gasteiger partial charge in [0.15, 0.2) is 0 Å². The maximum atomic E-state index is 9.36. The van der Waals surface area contributed by atoms with E-state index in [1.807, 2.05) is 6.07 Å². The summed E-state index contributed by atoms with van der Waals surface area (Å²) in [6.07, 6.45) is 20.8. The molecule has 0 aliphatic carbocycles. The van der Waals surface area contributed by atoms with E-state index in [2.05, 4.69) is 25.1 Å². The fourth-order valence-electron chi connectivity index (χ4n) is 3.36. The van der Waals surface area contributed by atoms with E-state index >= 15 is 0 Å². The quantitative estimate of drug-likeness (QED) is 0.253. The van der Waals surface area contributed by atoms with Crippen molar-refractivity contribution in [3.05, 3.63) is 29.8 Å². The zero-order chi connectivity index (χ0) is 17.3. The van der Waals surface area contributed by atoms with Gasteiger partial charge in [0, 0.05) is 14.1 Å². The molecular formula is C22H39OP. The highest BCUT2D eigenvalue weighted by atomic mass is 31.1. The number of benzene rings is 1. The number of unbranched alkanes of at least 4 members (excludes halogenated alkanes) is 13. The molecule has 1 nitrogen and oxygen atoms in total. The van der Waals surface area contributed by atoms with Gasteiger partial charge < -0.3 is 4.89 Å². The number of aryl methyl sites for hydroxylation is 1. The van der Waals surface area contributed by atoms with Crippen molar-refractivity contribution in [1.82, 2.24) is 0 Å². The summed E-state index contributed by atoms with van der Waals surface area (Å²) in [5, 5.41) is 1.13. The Morgan fingerprint density at radius 2 is 1.12 bits per heavy atom. The predicted octanol–water partition coefficient (Wildman–Crippen LogP) is 6.92. The molecule has 0 saturated carbocycles. The minimum Gasteiger partial charge on any atom is -0.372 e. The Hall–Kier alpha value is -0.390. The summed E-state index contributed by atoms with van der Waals surface area (Å²) in [5.41, 5.74) is 1.34. The third-order valence-electron chi connectivity index (χ3n) is 4.94. The molecular weight excluding hydrogens is 311 g/mol. The van der Waals surface area contributed by atoms with Gasteiger partial charge in [0.2, 0.25) is 0 Å². The lowest BCUT2D eigenvalue weighted by Gasteiger charge is -2.06. The minimum absolute atomic E-state index is 0.0602. The van der Waals surface area contributed by atoms with Crippen molar-refractivity contribution in [1.29, 1.82) is 0 Å². The molecule has 138 valence electrons. The predicted molar refractivity (Wildman–Crippen MR) is 111 cm³/mol. The SMILES string of the molecule is CCCCCCCCCCCCCCCCc1ccccc1PO. The first-order chi connectivity index (χ1) is 11.9. The van der Waals surface area contributed by atoms with Crippen LogP contribution in [0.2, 0.25) is 0 Å². The molecule has 1 unspecified atom stereocenters. The van der Waals surface area contributed by atoms with Gasteiger partial charge in [-0.3, -0.25) is 0 Å². The van der Waals surface area contributed by atoms with E-state index in [-0.39, 0.29) is 8.81 Å². The number of hydrogen-bond donors (Lipinski definition) is 1. The summed E-state index contributed by atoms with van der Waals surface area (Å²) >= 11 is 0. The Morgan fingerprint density at radius 1 is 0.667 bits per heavy atom. The van der Waals surface area contributed by atoms with Crippen molar-refractivity contribution >= 4 is 14.1 Å². The number of rotatable bonds is 16. The zero-order valence-electron chi connectivity index (χ0n) is 15.9. The van der Waals surface area contributed by atoms with Crippen LogP contribution >= 0.6 is 8.81 Å². The lowest BCUT2D eigenvalue weighted by Crippen LogP contribution is -2.03. The van der Waals surface area contributed by atoms with Gasteiger partial charge in [0.1, 0.15) is 0 Å². The van der Waals surface area contributed by atoms with E-state index in [4.69, 9.17) is 0 Å². The second-order valence-corrected chi connectivity index (χ2v) is 7.88. The summed E-state index contributed by atoms with van der Waals surface area (Å²) < 4.78 is 0. The molecule has 1 aromatic rings. The molecule has 1 atom stereocenters. The molecule has 0 aromatic heterocycles. The van der Waals surface area contributed by atoms with Crippen LogP contribution in [0.3, 0.4) is 0 Å². The van der Waals surface area contributed by atoms with E-state index in [1.165, 1.54) is 95.5 Å². The Labute approximate surface area is 152 Å². The molecule has 1 aromatic carbocycles. The second kappa shape index (κ2) is 16.1. The van der Waals surface area contributed by atoms with Gasteiger partial charge in [-0.1, -0.05) is 115 Å². The molecule has 0 amide bonds. The van der Waals surface area contributed by atoms with E-state index in [0.717, 1.165) is 11.7 Å². The Kier molecular flexibility index (Phi) is 14.5. The average molecular weight is 351 g/mol. The van der Waals surface area contributed by atoms with Gasteiger partial charge in [-0.2, -0.15) is 0 Å². The van der Waals surface area contributed by atoms with Crippen LogP contribution in [-0.4, -0.2) is 4.89 Å². The van der Waals surface area contributed by atoms with Gasteiger partial charge in [-0.05, 0) is 18.4 Å². The van der Waals surface area contributed by atoms with Crippen LogP contribution in [0.15, 0.2) is 24.3 Å². The van der Waals surface area contributed by atoms with Crippen LogP contribution in [0.4, 0.5) is 0 Å². The third kappa shape index (κ3) is 11.2. The molecule has 24 heavy (non-hydrogen) atoms. The average Bonchev–Trinajstić information content (AvgIpc) is 2.62. The van der Waals surface area contributed by atoms with E-state index < -0.39 is 0 Å². The van der Waals surface area contributed by atoms with E-state index in [1.54, 1.807) is 0 Å².